The van der Waals surface area contributed by atoms with Crippen molar-refractivity contribution >= 4 is 28.4 Å². The fourth-order valence-corrected chi connectivity index (χ4v) is 4.34. The molecule has 5 heteroatoms. The van der Waals surface area contributed by atoms with Crippen LogP contribution in [0.1, 0.15) is 52.3 Å². The van der Waals surface area contributed by atoms with Crippen LogP contribution in [-0.2, 0) is 6.42 Å². The second-order valence-electron chi connectivity index (χ2n) is 8.42. The van der Waals surface area contributed by atoms with Crippen LogP contribution in [0.25, 0.3) is 22.3 Å². The minimum absolute atomic E-state index is 0.00941. The molecule has 4 aromatic rings. The Hall–Kier alpha value is -3.08. The highest BCUT2D eigenvalue weighted by molar-refractivity contribution is 6.32. The highest BCUT2D eigenvalue weighted by atomic mass is 35.5. The van der Waals surface area contributed by atoms with Crippen LogP contribution < -0.4 is 4.74 Å². The Bertz CT molecular complexity index is 1420. The monoisotopic (exact) mass is 495 g/mol. The van der Waals surface area contributed by atoms with E-state index in [0.29, 0.717) is 16.9 Å². The summed E-state index contributed by atoms with van der Waals surface area (Å²) >= 11 is 6.25. The van der Waals surface area contributed by atoms with Gasteiger partial charge in [0.1, 0.15) is 17.1 Å². The molecule has 0 atom stereocenters. The number of ketones is 1. The van der Waals surface area contributed by atoms with E-state index in [1.807, 2.05) is 0 Å². The largest absolute Gasteiger partial charge is 0.497 e. The second-order valence-corrected chi connectivity index (χ2v) is 8.83. The summed E-state index contributed by atoms with van der Waals surface area (Å²) in [4.78, 5) is 16.4. The first kappa shape index (κ1) is 21.2. The van der Waals surface area contributed by atoms with Gasteiger partial charge in [-0.2, -0.15) is 0 Å². The molecule has 0 aliphatic heterocycles. The zero-order valence-electron chi connectivity index (χ0n) is 23.4. The second kappa shape index (κ2) is 11.6. The number of methoxy groups -OCH3 is 1. The lowest BCUT2D eigenvalue weighted by Gasteiger charge is -2.17. The first-order chi connectivity index (χ1) is 18.3. The van der Waals surface area contributed by atoms with Gasteiger partial charge in [-0.25, -0.2) is 0 Å². The molecular formula is C30H32ClNO3. The number of unbranched alkanes of at least 4 members (excludes halogenated alkanes) is 1. The molecule has 0 bridgehead atoms. The van der Waals surface area contributed by atoms with Crippen LogP contribution in [-0.4, -0.2) is 37.4 Å². The van der Waals surface area contributed by atoms with Crippen molar-refractivity contribution in [2.75, 3.05) is 26.7 Å². The predicted molar refractivity (Wildman–Crippen MR) is 144 cm³/mol. The number of carbonyl (C=O) groups excluding carboxylic acids is 1. The number of rotatable bonds is 11. The molecule has 3 aromatic carbocycles. The molecule has 4 nitrogen and oxygen atoms in total. The van der Waals surface area contributed by atoms with Gasteiger partial charge < -0.3 is 14.1 Å². The first-order valence-electron chi connectivity index (χ1n) is 13.5. The average molecular weight is 496 g/mol. The highest BCUT2D eigenvalue weighted by Crippen LogP contribution is 2.37. The average Bonchev–Trinajstić information content (AvgIpc) is 3.31. The molecule has 0 saturated heterocycles. The molecule has 1 heterocycles. The van der Waals surface area contributed by atoms with E-state index in [4.69, 9.17) is 24.9 Å². The summed E-state index contributed by atoms with van der Waals surface area (Å²) in [6.45, 7) is 7.36. The summed E-state index contributed by atoms with van der Waals surface area (Å²) in [6, 6.07) is 13.5. The van der Waals surface area contributed by atoms with Crippen molar-refractivity contribution in [1.29, 1.82) is 0 Å². The van der Waals surface area contributed by atoms with Crippen LogP contribution in [0.5, 0.6) is 5.75 Å². The molecule has 0 aliphatic rings. The lowest BCUT2D eigenvalue weighted by Crippen LogP contribution is -2.23. The quantitative estimate of drug-likeness (QED) is 0.158. The van der Waals surface area contributed by atoms with Gasteiger partial charge in [-0.15, -0.1) is 0 Å². The lowest BCUT2D eigenvalue weighted by atomic mass is 9.96. The maximum Gasteiger partial charge on any atom is 0.197 e. The van der Waals surface area contributed by atoms with Gasteiger partial charge >= 0.3 is 0 Å². The van der Waals surface area contributed by atoms with Gasteiger partial charge in [0.2, 0.25) is 0 Å². The summed E-state index contributed by atoms with van der Waals surface area (Å²) in [6.07, 6.45) is 2.71. The Morgan fingerprint density at radius 3 is 2.40 bits per heavy atom. The summed E-state index contributed by atoms with van der Waals surface area (Å²) in [5, 5.41) is 0.457. The molecule has 35 heavy (non-hydrogen) atoms. The first-order valence-corrected chi connectivity index (χ1v) is 12.4. The third-order valence-electron chi connectivity index (χ3n) is 6.26. The Morgan fingerprint density at radius 2 is 1.74 bits per heavy atom. The van der Waals surface area contributed by atoms with Crippen molar-refractivity contribution in [2.24, 2.45) is 0 Å². The number of furan rings is 1. The summed E-state index contributed by atoms with van der Waals surface area (Å²) < 4.78 is 37.2. The minimum Gasteiger partial charge on any atom is -0.497 e. The number of hydrogen-bond donors (Lipinski definition) is 0. The molecule has 0 amide bonds. The van der Waals surface area contributed by atoms with Crippen LogP contribution >= 0.6 is 11.6 Å². The van der Waals surface area contributed by atoms with Crippen LogP contribution in [0.2, 0.25) is 5.02 Å². The van der Waals surface area contributed by atoms with Gasteiger partial charge in [-0.05, 0) is 86.9 Å². The summed E-state index contributed by atoms with van der Waals surface area (Å²) in [5.41, 5.74) is 1.94. The third kappa shape index (κ3) is 5.77. The molecule has 0 aliphatic carbocycles. The van der Waals surface area contributed by atoms with Crippen LogP contribution in [0.4, 0.5) is 0 Å². The van der Waals surface area contributed by atoms with E-state index in [0.717, 1.165) is 44.5 Å². The number of carbonyl (C=O) groups is 1. The topological polar surface area (TPSA) is 42.7 Å². The number of halogens is 1. The molecular weight excluding hydrogens is 458 g/mol. The standard InChI is InChI=1S/C30H32ClNO3/c1-4-32(5-2)19-7-6-8-21-9-11-22(12-10-21)29(33)28-26-20-24(31)15-18-27(26)35-30(28)23-13-16-25(34-3)17-14-23/h9-18,20H,4-8,19H2,1-3H3/i11T,12T,20T. The fraction of sp³-hybridized carbons (Fsp3) is 0.300. The van der Waals surface area contributed by atoms with Crippen LogP contribution in [0, 0.1) is 0 Å². The molecule has 4 rings (SSSR count). The highest BCUT2D eigenvalue weighted by Gasteiger charge is 2.23. The van der Waals surface area contributed by atoms with Crippen molar-refractivity contribution in [2.45, 2.75) is 33.1 Å². The van der Waals surface area contributed by atoms with Crippen molar-refractivity contribution in [3.05, 3.63) is 88.4 Å². The van der Waals surface area contributed by atoms with E-state index >= 15 is 0 Å². The van der Waals surface area contributed by atoms with Crippen LogP contribution in [0.15, 0.2) is 71.1 Å². The molecule has 182 valence electrons. The molecule has 0 radical (unpaired) electrons. The zero-order valence-corrected chi connectivity index (χ0v) is 21.2. The Morgan fingerprint density at radius 1 is 1.03 bits per heavy atom. The molecule has 0 spiro atoms. The molecule has 0 saturated carbocycles. The Kier molecular flexibility index (Phi) is 7.01. The van der Waals surface area contributed by atoms with Gasteiger partial charge in [-0.1, -0.05) is 49.7 Å². The summed E-state index contributed by atoms with van der Waals surface area (Å²) in [7, 11) is 1.57. The van der Waals surface area contributed by atoms with E-state index in [1.165, 1.54) is 0 Å². The number of aryl methyl sites for hydroxylation is 1. The zero-order chi connectivity index (χ0) is 27.4. The van der Waals surface area contributed by atoms with E-state index in [1.54, 1.807) is 55.6 Å². The summed E-state index contributed by atoms with van der Waals surface area (Å²) in [5.74, 6) is 0.382. The SMILES string of the molecule is [3H]c1cc(CCCCN(CC)CC)cc([3H])c1C(=O)c1c(-c2ccc(OC)cc2)oc2ccc(Cl)c([3H])c12. The van der Waals surface area contributed by atoms with E-state index in [9.17, 15) is 4.79 Å². The predicted octanol–water partition coefficient (Wildman–Crippen LogP) is 7.66. The Balaban J connectivity index is 1.72. The van der Waals surface area contributed by atoms with Gasteiger partial charge in [0.25, 0.3) is 0 Å². The van der Waals surface area contributed by atoms with E-state index in [-0.39, 0.29) is 45.4 Å². The normalized spacial score (nSPS) is 12.5. The molecule has 0 N–H and O–H groups in total. The van der Waals surface area contributed by atoms with Gasteiger partial charge in [-0.3, -0.25) is 4.79 Å². The van der Waals surface area contributed by atoms with Crippen molar-refractivity contribution < 1.29 is 18.1 Å². The third-order valence-corrected chi connectivity index (χ3v) is 6.48. The van der Waals surface area contributed by atoms with Gasteiger partial charge in [0, 0.05) is 21.5 Å². The van der Waals surface area contributed by atoms with Gasteiger partial charge in [0.15, 0.2) is 5.78 Å². The van der Waals surface area contributed by atoms with Crippen molar-refractivity contribution in [1.82, 2.24) is 4.90 Å². The van der Waals surface area contributed by atoms with E-state index in [2.05, 4.69) is 18.7 Å². The lowest BCUT2D eigenvalue weighted by molar-refractivity contribution is 0.104. The molecule has 0 unspecified atom stereocenters. The number of benzene rings is 3. The number of fused-ring (bicyclic) bond motifs is 1. The smallest absolute Gasteiger partial charge is 0.197 e. The number of nitrogens with zero attached hydrogens (tertiary/aromatic N) is 1. The van der Waals surface area contributed by atoms with Crippen LogP contribution in [0.3, 0.4) is 0 Å². The molecule has 0 fully saturated rings. The maximum atomic E-state index is 14.0. The van der Waals surface area contributed by atoms with Crippen molar-refractivity contribution in [3.8, 4) is 17.1 Å². The number of hydrogen-bond acceptors (Lipinski definition) is 4. The fourth-order valence-electron chi connectivity index (χ4n) is 4.18. The number of ether oxygens (including phenoxy) is 1. The Labute approximate surface area is 216 Å². The molecule has 1 aromatic heterocycles. The van der Waals surface area contributed by atoms with Gasteiger partial charge in [0.05, 0.1) is 16.8 Å². The van der Waals surface area contributed by atoms with Crippen molar-refractivity contribution in [3.63, 3.8) is 0 Å². The van der Waals surface area contributed by atoms with E-state index < -0.39 is 5.78 Å². The maximum absolute atomic E-state index is 14.0. The minimum atomic E-state index is -0.534.